The molecule has 1 heterocycles. The Morgan fingerprint density at radius 1 is 0.939 bits per heavy atom. The number of carboxylic acids is 1. The zero-order valence-corrected chi connectivity index (χ0v) is 18.8. The number of aryl methyl sites for hydroxylation is 2. The fourth-order valence-electron chi connectivity index (χ4n) is 3.36. The highest BCUT2D eigenvalue weighted by Gasteiger charge is 2.17. The second-order valence-electron chi connectivity index (χ2n) is 7.58. The monoisotopic (exact) mass is 459 g/mol. The number of hydrogen-bond donors (Lipinski definition) is 2. The molecule has 33 heavy (non-hydrogen) atoms. The van der Waals surface area contributed by atoms with Gasteiger partial charge in [-0.25, -0.2) is 9.48 Å². The van der Waals surface area contributed by atoms with Gasteiger partial charge in [-0.05, 0) is 67.4 Å². The SMILES string of the molecule is Cc1ccc(Sc2ccc(NC(=O)Cn3nc(C(=O)O)c4ccccc4c3=O)cc2)cc1C. The molecule has 0 saturated carbocycles. The molecule has 8 heteroatoms. The zero-order valence-electron chi connectivity index (χ0n) is 18.0. The lowest BCUT2D eigenvalue weighted by Crippen LogP contribution is -2.31. The summed E-state index contributed by atoms with van der Waals surface area (Å²) in [6.07, 6.45) is 0. The number of benzene rings is 3. The van der Waals surface area contributed by atoms with E-state index in [-0.39, 0.29) is 16.5 Å². The second kappa shape index (κ2) is 9.30. The number of amides is 1. The van der Waals surface area contributed by atoms with Gasteiger partial charge < -0.3 is 10.4 Å². The molecule has 0 fully saturated rings. The number of aromatic carboxylic acids is 1. The minimum absolute atomic E-state index is 0.199. The number of carbonyl (C=O) groups is 2. The van der Waals surface area contributed by atoms with Crippen LogP contribution in [-0.4, -0.2) is 26.8 Å². The molecule has 0 atom stereocenters. The molecule has 0 bridgehead atoms. The molecule has 166 valence electrons. The standard InChI is InChI=1S/C25H21N3O4S/c1-15-7-10-19(13-16(15)2)33-18-11-8-17(9-12-18)26-22(29)14-28-24(30)21-6-4-3-5-20(21)23(27-28)25(31)32/h3-13H,14H2,1-2H3,(H,26,29)(H,31,32). The first-order valence-corrected chi connectivity index (χ1v) is 11.0. The van der Waals surface area contributed by atoms with Gasteiger partial charge in [-0.15, -0.1) is 0 Å². The first-order valence-electron chi connectivity index (χ1n) is 10.2. The number of aromatic nitrogens is 2. The molecule has 1 aromatic heterocycles. The molecule has 0 aliphatic heterocycles. The highest BCUT2D eigenvalue weighted by molar-refractivity contribution is 7.99. The van der Waals surface area contributed by atoms with Crippen LogP contribution in [0.25, 0.3) is 10.8 Å². The van der Waals surface area contributed by atoms with Crippen LogP contribution in [0.15, 0.2) is 81.3 Å². The van der Waals surface area contributed by atoms with Crippen LogP contribution in [0.4, 0.5) is 5.69 Å². The summed E-state index contributed by atoms with van der Waals surface area (Å²) < 4.78 is 0.880. The van der Waals surface area contributed by atoms with Crippen LogP contribution in [-0.2, 0) is 11.3 Å². The molecule has 1 amide bonds. The highest BCUT2D eigenvalue weighted by Crippen LogP contribution is 2.29. The molecular weight excluding hydrogens is 438 g/mol. The Kier molecular flexibility index (Phi) is 6.28. The van der Waals surface area contributed by atoms with Crippen molar-refractivity contribution >= 4 is 40.1 Å². The normalized spacial score (nSPS) is 10.8. The third kappa shape index (κ3) is 4.96. The molecule has 0 radical (unpaired) electrons. The van der Waals surface area contributed by atoms with Crippen molar-refractivity contribution in [1.82, 2.24) is 9.78 Å². The molecule has 7 nitrogen and oxygen atoms in total. The zero-order chi connectivity index (χ0) is 23.5. The van der Waals surface area contributed by atoms with Crippen molar-refractivity contribution < 1.29 is 14.7 Å². The van der Waals surface area contributed by atoms with Gasteiger partial charge in [0.1, 0.15) is 6.54 Å². The van der Waals surface area contributed by atoms with Crippen LogP contribution in [0.3, 0.4) is 0 Å². The first kappa shape index (κ1) is 22.3. The van der Waals surface area contributed by atoms with E-state index in [1.54, 1.807) is 36.0 Å². The van der Waals surface area contributed by atoms with Gasteiger partial charge in [0.2, 0.25) is 5.91 Å². The predicted octanol–water partition coefficient (Wildman–Crippen LogP) is 4.50. The minimum Gasteiger partial charge on any atom is -0.476 e. The molecule has 0 spiro atoms. The topological polar surface area (TPSA) is 101 Å². The van der Waals surface area contributed by atoms with Crippen molar-refractivity contribution in [2.24, 2.45) is 0 Å². The average Bonchev–Trinajstić information content (AvgIpc) is 2.79. The minimum atomic E-state index is -1.27. The van der Waals surface area contributed by atoms with Crippen LogP contribution in [0.1, 0.15) is 21.6 Å². The van der Waals surface area contributed by atoms with E-state index in [0.29, 0.717) is 5.69 Å². The van der Waals surface area contributed by atoms with Gasteiger partial charge in [0.05, 0.1) is 5.39 Å². The third-order valence-corrected chi connectivity index (χ3v) is 6.21. The Bertz CT molecular complexity index is 1430. The van der Waals surface area contributed by atoms with E-state index in [1.807, 2.05) is 12.1 Å². The Morgan fingerprint density at radius 3 is 2.27 bits per heavy atom. The largest absolute Gasteiger partial charge is 0.476 e. The summed E-state index contributed by atoms with van der Waals surface area (Å²) in [5, 5.41) is 16.5. The van der Waals surface area contributed by atoms with Gasteiger partial charge in [-0.1, -0.05) is 36.0 Å². The van der Waals surface area contributed by atoms with Gasteiger partial charge >= 0.3 is 5.97 Å². The lowest BCUT2D eigenvalue weighted by atomic mass is 10.1. The maximum absolute atomic E-state index is 12.7. The van der Waals surface area contributed by atoms with Gasteiger partial charge in [0.15, 0.2) is 5.69 Å². The number of anilines is 1. The van der Waals surface area contributed by atoms with Gasteiger partial charge in [-0.2, -0.15) is 5.10 Å². The Balaban J connectivity index is 1.48. The number of carboxylic acid groups (broad SMARTS) is 1. The average molecular weight is 460 g/mol. The Morgan fingerprint density at radius 2 is 1.61 bits per heavy atom. The predicted molar refractivity (Wildman–Crippen MR) is 128 cm³/mol. The highest BCUT2D eigenvalue weighted by atomic mass is 32.2. The van der Waals surface area contributed by atoms with Crippen LogP contribution in [0.5, 0.6) is 0 Å². The molecule has 4 rings (SSSR count). The van der Waals surface area contributed by atoms with Crippen molar-refractivity contribution in [2.75, 3.05) is 5.32 Å². The number of nitrogens with zero attached hydrogens (tertiary/aromatic N) is 2. The van der Waals surface area contributed by atoms with Crippen LogP contribution in [0.2, 0.25) is 0 Å². The molecule has 2 N–H and O–H groups in total. The van der Waals surface area contributed by atoms with Crippen molar-refractivity contribution in [3.8, 4) is 0 Å². The molecule has 0 aliphatic carbocycles. The lowest BCUT2D eigenvalue weighted by Gasteiger charge is -2.10. The van der Waals surface area contributed by atoms with E-state index in [1.165, 1.54) is 23.3 Å². The molecule has 0 unspecified atom stereocenters. The first-order chi connectivity index (χ1) is 15.8. The van der Waals surface area contributed by atoms with Crippen molar-refractivity contribution in [2.45, 2.75) is 30.2 Å². The molecule has 0 aliphatic rings. The number of nitrogens with one attached hydrogen (secondary N) is 1. The van der Waals surface area contributed by atoms with Crippen LogP contribution >= 0.6 is 11.8 Å². The Labute approximate surface area is 194 Å². The molecule has 0 saturated heterocycles. The quantitative estimate of drug-likeness (QED) is 0.440. The van der Waals surface area contributed by atoms with E-state index in [0.717, 1.165) is 14.5 Å². The molecule has 4 aromatic rings. The number of carbonyl (C=O) groups excluding carboxylic acids is 1. The van der Waals surface area contributed by atoms with Crippen molar-refractivity contribution in [3.05, 3.63) is 93.9 Å². The third-order valence-electron chi connectivity index (χ3n) is 5.22. The maximum Gasteiger partial charge on any atom is 0.357 e. The summed E-state index contributed by atoms with van der Waals surface area (Å²) in [4.78, 5) is 38.9. The fourth-order valence-corrected chi connectivity index (χ4v) is 4.27. The van der Waals surface area contributed by atoms with E-state index in [9.17, 15) is 19.5 Å². The van der Waals surface area contributed by atoms with Crippen molar-refractivity contribution in [3.63, 3.8) is 0 Å². The number of fused-ring (bicyclic) bond motifs is 1. The van der Waals surface area contributed by atoms with E-state index >= 15 is 0 Å². The van der Waals surface area contributed by atoms with Crippen LogP contribution < -0.4 is 10.9 Å². The van der Waals surface area contributed by atoms with Gasteiger partial charge in [-0.3, -0.25) is 9.59 Å². The van der Waals surface area contributed by atoms with Gasteiger partial charge in [0, 0.05) is 20.9 Å². The van der Waals surface area contributed by atoms with Crippen LogP contribution in [0, 0.1) is 13.8 Å². The van der Waals surface area contributed by atoms with Crippen molar-refractivity contribution in [1.29, 1.82) is 0 Å². The molecular formula is C25H21N3O4S. The number of hydrogen-bond acceptors (Lipinski definition) is 5. The second-order valence-corrected chi connectivity index (χ2v) is 8.73. The van der Waals surface area contributed by atoms with E-state index in [2.05, 4.69) is 42.5 Å². The summed E-state index contributed by atoms with van der Waals surface area (Å²) in [5.74, 6) is -1.75. The smallest absolute Gasteiger partial charge is 0.357 e. The lowest BCUT2D eigenvalue weighted by molar-refractivity contribution is -0.117. The number of rotatable bonds is 6. The van der Waals surface area contributed by atoms with E-state index in [4.69, 9.17) is 0 Å². The summed E-state index contributed by atoms with van der Waals surface area (Å²) in [6.45, 7) is 3.75. The van der Waals surface area contributed by atoms with Gasteiger partial charge in [0.25, 0.3) is 5.56 Å². The summed E-state index contributed by atoms with van der Waals surface area (Å²) in [7, 11) is 0. The maximum atomic E-state index is 12.7. The summed E-state index contributed by atoms with van der Waals surface area (Å²) >= 11 is 1.62. The van der Waals surface area contributed by atoms with E-state index < -0.39 is 24.0 Å². The Hall–Kier alpha value is -3.91. The molecule has 3 aromatic carbocycles. The summed E-state index contributed by atoms with van der Waals surface area (Å²) in [5.41, 5.74) is 2.24. The summed E-state index contributed by atoms with van der Waals surface area (Å²) in [6, 6.07) is 20.0. The fraction of sp³-hybridized carbons (Fsp3) is 0.120.